The zero-order valence-electron chi connectivity index (χ0n) is 28.7. The van der Waals surface area contributed by atoms with Gasteiger partial charge in [0.05, 0.1) is 37.3 Å². The number of aromatic carboxylic acids is 1. The number of ether oxygens (including phenoxy) is 1. The Balaban J connectivity index is 1.42. The van der Waals surface area contributed by atoms with Gasteiger partial charge in [0.1, 0.15) is 17.3 Å². The predicted octanol–water partition coefficient (Wildman–Crippen LogP) is 7.07. The van der Waals surface area contributed by atoms with Crippen LogP contribution in [0.4, 0.5) is 4.39 Å². The van der Waals surface area contributed by atoms with E-state index in [2.05, 4.69) is 5.10 Å². The molecule has 0 atom stereocenters. The molecule has 0 saturated heterocycles. The van der Waals surface area contributed by atoms with Gasteiger partial charge in [0.25, 0.3) is 0 Å². The van der Waals surface area contributed by atoms with E-state index in [-0.39, 0.29) is 31.2 Å². The summed E-state index contributed by atoms with van der Waals surface area (Å²) in [6.45, 7) is 4.18. The number of carboxylic acid groups (broad SMARTS) is 1. The van der Waals surface area contributed by atoms with Gasteiger partial charge in [0.2, 0.25) is 10.0 Å². The van der Waals surface area contributed by atoms with Gasteiger partial charge < -0.3 is 14.4 Å². The number of aryl methyl sites for hydroxylation is 4. The molecule has 8 bridgehead atoms. The van der Waals surface area contributed by atoms with Crippen molar-refractivity contribution in [2.45, 2.75) is 50.6 Å². The molecule has 0 aliphatic carbocycles. The van der Waals surface area contributed by atoms with Crippen molar-refractivity contribution < 1.29 is 27.4 Å². The standard InChI is InChI=1S/C36H36ClFN6O5S2/c1-20-32-30-10-9-28(37)34(32)33-21(2)41(3)40-29(33)18-43(51(5,47)48)17-24-15-25(42(4)39-24)19-50-26-14-22-13-23(38)7-8-27(22)31(16-26)49-12-6-11-44(30)35(20)36(45)46/h7-10,13-16H,6,11-12,17-19H2,1-5H3,(H,45,46). The van der Waals surface area contributed by atoms with E-state index in [9.17, 15) is 22.7 Å². The molecule has 0 radical (unpaired) electrons. The number of benzene rings is 3. The van der Waals surface area contributed by atoms with Crippen molar-refractivity contribution in [2.24, 2.45) is 14.1 Å². The molecule has 15 heteroatoms. The maximum absolute atomic E-state index is 14.3. The molecule has 266 valence electrons. The largest absolute Gasteiger partial charge is 0.493 e. The lowest BCUT2D eigenvalue weighted by atomic mass is 9.96. The molecule has 11 nitrogen and oxygen atoms in total. The molecule has 4 heterocycles. The van der Waals surface area contributed by atoms with Crippen LogP contribution in [0, 0.1) is 19.7 Å². The first kappa shape index (κ1) is 35.1. The van der Waals surface area contributed by atoms with Crippen LogP contribution in [-0.2, 0) is 49.5 Å². The third-order valence-electron chi connectivity index (χ3n) is 9.46. The van der Waals surface area contributed by atoms with E-state index in [1.165, 1.54) is 28.2 Å². The third kappa shape index (κ3) is 6.50. The molecule has 6 aromatic rings. The summed E-state index contributed by atoms with van der Waals surface area (Å²) in [5, 5.41) is 22.4. The van der Waals surface area contributed by atoms with E-state index in [4.69, 9.17) is 21.4 Å². The first-order valence-corrected chi connectivity index (χ1v) is 19.5. The van der Waals surface area contributed by atoms with E-state index in [0.29, 0.717) is 73.9 Å². The summed E-state index contributed by atoms with van der Waals surface area (Å²) < 4.78 is 53.8. The van der Waals surface area contributed by atoms with Gasteiger partial charge in [0.15, 0.2) is 0 Å². The van der Waals surface area contributed by atoms with Crippen LogP contribution in [0.2, 0.25) is 5.02 Å². The maximum Gasteiger partial charge on any atom is 0.352 e. The highest BCUT2D eigenvalue weighted by Crippen LogP contribution is 2.43. The topological polar surface area (TPSA) is 124 Å². The maximum atomic E-state index is 14.3. The molecule has 7 rings (SSSR count). The molecule has 0 spiro atoms. The lowest BCUT2D eigenvalue weighted by molar-refractivity contribution is 0.0684. The van der Waals surface area contributed by atoms with Crippen molar-refractivity contribution in [2.75, 3.05) is 12.9 Å². The van der Waals surface area contributed by atoms with Crippen molar-refractivity contribution in [3.63, 3.8) is 0 Å². The quantitative estimate of drug-likeness (QED) is 0.199. The molecule has 0 unspecified atom stereocenters. The van der Waals surface area contributed by atoms with Gasteiger partial charge in [-0.15, -0.1) is 11.8 Å². The minimum absolute atomic E-state index is 0.00383. The molecule has 51 heavy (non-hydrogen) atoms. The Hall–Kier alpha value is -4.37. The van der Waals surface area contributed by atoms with Gasteiger partial charge in [0, 0.05) is 75.1 Å². The fraction of sp³-hybridized carbons (Fsp3) is 0.306. The van der Waals surface area contributed by atoms with Crippen LogP contribution in [-0.4, -0.2) is 60.8 Å². The predicted molar refractivity (Wildman–Crippen MR) is 196 cm³/mol. The minimum Gasteiger partial charge on any atom is -0.493 e. The average Bonchev–Trinajstić information content (AvgIpc) is 3.65. The Morgan fingerprint density at radius 1 is 1.02 bits per heavy atom. The number of nitrogens with zero attached hydrogens (tertiary/aromatic N) is 6. The van der Waals surface area contributed by atoms with E-state index < -0.39 is 16.0 Å². The summed E-state index contributed by atoms with van der Waals surface area (Å²) in [6.07, 6.45) is 1.63. The van der Waals surface area contributed by atoms with E-state index in [1.54, 1.807) is 40.0 Å². The lowest BCUT2D eigenvalue weighted by Crippen LogP contribution is -2.29. The lowest BCUT2D eigenvalue weighted by Gasteiger charge is -2.19. The Bertz CT molecular complexity index is 2490. The van der Waals surface area contributed by atoms with Crippen LogP contribution in [0.3, 0.4) is 0 Å². The summed E-state index contributed by atoms with van der Waals surface area (Å²) in [5.74, 6) is -0.333. The number of thioether (sulfide) groups is 1. The zero-order chi connectivity index (χ0) is 36.4. The smallest absolute Gasteiger partial charge is 0.352 e. The number of hydrogen-bond acceptors (Lipinski definition) is 7. The zero-order valence-corrected chi connectivity index (χ0v) is 31.1. The van der Waals surface area contributed by atoms with Gasteiger partial charge in [-0.2, -0.15) is 14.5 Å². The van der Waals surface area contributed by atoms with Crippen LogP contribution >= 0.6 is 23.4 Å². The highest BCUT2D eigenvalue weighted by molar-refractivity contribution is 7.98. The van der Waals surface area contributed by atoms with E-state index in [1.807, 2.05) is 38.2 Å². The molecular weight excluding hydrogens is 715 g/mol. The molecular formula is C36H36ClFN6O5S2. The van der Waals surface area contributed by atoms with Gasteiger partial charge in [-0.05, 0) is 79.7 Å². The monoisotopic (exact) mass is 750 g/mol. The Morgan fingerprint density at radius 2 is 1.80 bits per heavy atom. The van der Waals surface area contributed by atoms with Crippen LogP contribution in [0.5, 0.6) is 5.75 Å². The van der Waals surface area contributed by atoms with Crippen molar-refractivity contribution in [3.8, 4) is 16.9 Å². The second kappa shape index (κ2) is 13.3. The summed E-state index contributed by atoms with van der Waals surface area (Å²) in [6, 6.07) is 13.8. The van der Waals surface area contributed by atoms with Crippen LogP contribution in [0.1, 0.15) is 45.2 Å². The Morgan fingerprint density at radius 3 is 2.55 bits per heavy atom. The second-order valence-corrected chi connectivity index (χ2v) is 16.3. The van der Waals surface area contributed by atoms with Gasteiger partial charge >= 0.3 is 5.97 Å². The van der Waals surface area contributed by atoms with Crippen molar-refractivity contribution in [1.29, 1.82) is 0 Å². The highest BCUT2D eigenvalue weighted by Gasteiger charge is 2.29. The summed E-state index contributed by atoms with van der Waals surface area (Å²) in [7, 11) is -0.160. The molecule has 1 aliphatic heterocycles. The van der Waals surface area contributed by atoms with Gasteiger partial charge in [-0.3, -0.25) is 9.36 Å². The van der Waals surface area contributed by atoms with Crippen molar-refractivity contribution in [3.05, 3.63) is 93.4 Å². The van der Waals surface area contributed by atoms with Crippen LogP contribution in [0.25, 0.3) is 32.8 Å². The molecule has 0 fully saturated rings. The number of aromatic nitrogens is 5. The number of carboxylic acids is 1. The summed E-state index contributed by atoms with van der Waals surface area (Å²) in [5.41, 5.74) is 5.23. The summed E-state index contributed by atoms with van der Waals surface area (Å²) in [4.78, 5) is 13.7. The molecule has 3 aromatic heterocycles. The molecule has 0 saturated carbocycles. The summed E-state index contributed by atoms with van der Waals surface area (Å²) >= 11 is 8.50. The third-order valence-corrected chi connectivity index (χ3v) is 12.0. The van der Waals surface area contributed by atoms with E-state index in [0.717, 1.165) is 27.9 Å². The number of carbonyl (C=O) groups is 1. The van der Waals surface area contributed by atoms with Crippen LogP contribution in [0.15, 0.2) is 53.4 Å². The number of halogens is 2. The molecule has 3 aromatic carbocycles. The number of rotatable bonds is 2. The number of hydrogen-bond donors (Lipinski definition) is 1. The highest BCUT2D eigenvalue weighted by atomic mass is 35.5. The normalized spacial score (nSPS) is 14.8. The fourth-order valence-electron chi connectivity index (χ4n) is 6.94. The Labute approximate surface area is 303 Å². The first-order chi connectivity index (χ1) is 24.2. The van der Waals surface area contributed by atoms with Crippen molar-refractivity contribution in [1.82, 2.24) is 28.4 Å². The Kier molecular flexibility index (Phi) is 9.15. The van der Waals surface area contributed by atoms with Gasteiger partial charge in [-0.1, -0.05) is 11.6 Å². The number of sulfonamides is 1. The molecule has 0 amide bonds. The molecule has 1 aliphatic rings. The number of fused-ring (bicyclic) bond motifs is 8. The average molecular weight is 751 g/mol. The molecule has 1 N–H and O–H groups in total. The van der Waals surface area contributed by atoms with Crippen LogP contribution < -0.4 is 4.74 Å². The van der Waals surface area contributed by atoms with E-state index >= 15 is 0 Å². The first-order valence-electron chi connectivity index (χ1n) is 16.2. The second-order valence-electron chi connectivity index (χ2n) is 12.8. The SMILES string of the molecule is Cc1c(C(=O)O)n2c3ccc(Cl)c(c13)-c1c(nn(C)c1C)CN(S(C)(=O)=O)Cc1cc(n(C)n1)CSc1cc(c3ccc(F)cc3c1)OCCC2. The van der Waals surface area contributed by atoms with Gasteiger partial charge in [-0.25, -0.2) is 17.6 Å². The minimum atomic E-state index is -3.76. The van der Waals surface area contributed by atoms with Crippen molar-refractivity contribution >= 4 is 61.0 Å². The fourth-order valence-corrected chi connectivity index (χ4v) is 8.90.